The van der Waals surface area contributed by atoms with Gasteiger partial charge in [0, 0.05) is 24.5 Å². The minimum atomic E-state index is 0. The lowest BCUT2D eigenvalue weighted by atomic mass is 9.78. The zero-order valence-electron chi connectivity index (χ0n) is 10.1. The van der Waals surface area contributed by atoms with E-state index in [9.17, 15) is 0 Å². The van der Waals surface area contributed by atoms with Gasteiger partial charge in [-0.05, 0) is 42.9 Å². The second-order valence-electron chi connectivity index (χ2n) is 4.89. The summed E-state index contributed by atoms with van der Waals surface area (Å²) in [7, 11) is 0. The Morgan fingerprint density at radius 3 is 2.56 bits per heavy atom. The van der Waals surface area contributed by atoms with Crippen LogP contribution < -0.4 is 16.6 Å². The number of nitrogens with one attached hydrogen (secondary N) is 2. The molecule has 1 aromatic rings. The lowest BCUT2D eigenvalue weighted by Crippen LogP contribution is -2.39. The molecule has 4 atom stereocenters. The predicted octanol–water partition coefficient (Wildman–Crippen LogP) is 1.57. The van der Waals surface area contributed by atoms with Gasteiger partial charge in [0.1, 0.15) is 0 Å². The molecule has 3 rings (SSSR count). The summed E-state index contributed by atoms with van der Waals surface area (Å²) in [6.07, 6.45) is 7.14. The van der Waals surface area contributed by atoms with E-state index in [-0.39, 0.29) is 24.8 Å². The van der Waals surface area contributed by atoms with Crippen molar-refractivity contribution in [3.05, 3.63) is 30.1 Å². The Labute approximate surface area is 120 Å². The topological polar surface area (TPSA) is 63.0 Å². The second-order valence-corrected chi connectivity index (χ2v) is 4.89. The largest absolute Gasteiger partial charge is 0.328 e. The summed E-state index contributed by atoms with van der Waals surface area (Å²) in [5.74, 6) is 0.617. The first-order valence-electron chi connectivity index (χ1n) is 6.01. The third-order valence-corrected chi connectivity index (χ3v) is 3.86. The quantitative estimate of drug-likeness (QED) is 0.735. The Kier molecular flexibility index (Phi) is 5.82. The second kappa shape index (κ2) is 6.68. The highest BCUT2D eigenvalue weighted by Crippen LogP contribution is 2.37. The Balaban J connectivity index is 0.000000810. The number of pyridine rings is 1. The van der Waals surface area contributed by atoms with Gasteiger partial charge in [-0.3, -0.25) is 10.4 Å². The van der Waals surface area contributed by atoms with E-state index in [1.807, 2.05) is 12.4 Å². The molecule has 1 aliphatic carbocycles. The average Bonchev–Trinajstić information content (AvgIpc) is 2.73. The van der Waals surface area contributed by atoms with E-state index in [0.29, 0.717) is 24.0 Å². The Morgan fingerprint density at radius 2 is 1.83 bits per heavy atom. The summed E-state index contributed by atoms with van der Waals surface area (Å²) in [5, 5.41) is 0. The standard InChI is InChI=1S/C12H18N4.2ClH/c13-9-1-2-11-10(7-9)12(16-15-11)8-3-5-14-6-4-8;;/h3-6,9-12,15-16H,1-2,7,13H2;2*1H. The molecule has 0 bridgehead atoms. The molecule has 4 N–H and O–H groups in total. The first kappa shape index (κ1) is 15.7. The third kappa shape index (κ3) is 2.95. The highest BCUT2D eigenvalue weighted by atomic mass is 35.5. The van der Waals surface area contributed by atoms with Crippen molar-refractivity contribution >= 4 is 24.8 Å². The van der Waals surface area contributed by atoms with E-state index in [1.54, 1.807) is 0 Å². The fourth-order valence-corrected chi connectivity index (χ4v) is 2.99. The predicted molar refractivity (Wildman–Crippen MR) is 76.8 cm³/mol. The lowest BCUT2D eigenvalue weighted by molar-refractivity contribution is 0.279. The number of halogens is 2. The number of hydrazine groups is 1. The minimum Gasteiger partial charge on any atom is -0.328 e. The summed E-state index contributed by atoms with van der Waals surface area (Å²) in [6, 6.07) is 5.51. The molecule has 18 heavy (non-hydrogen) atoms. The average molecular weight is 291 g/mol. The van der Waals surface area contributed by atoms with Gasteiger partial charge in [0.15, 0.2) is 0 Å². The molecular weight excluding hydrogens is 271 g/mol. The molecule has 2 fully saturated rings. The summed E-state index contributed by atoms with van der Waals surface area (Å²) >= 11 is 0. The molecule has 1 aromatic heterocycles. The number of nitrogens with zero attached hydrogens (tertiary/aromatic N) is 1. The molecule has 102 valence electrons. The molecule has 6 heteroatoms. The molecule has 0 aromatic carbocycles. The van der Waals surface area contributed by atoms with Crippen LogP contribution in [0.5, 0.6) is 0 Å². The van der Waals surface area contributed by atoms with Crippen molar-refractivity contribution in [3.8, 4) is 0 Å². The summed E-state index contributed by atoms with van der Waals surface area (Å²) in [6.45, 7) is 0. The fraction of sp³-hybridized carbons (Fsp3) is 0.583. The molecule has 4 unspecified atom stereocenters. The van der Waals surface area contributed by atoms with E-state index < -0.39 is 0 Å². The molecular formula is C12H20Cl2N4. The number of fused-ring (bicyclic) bond motifs is 1. The van der Waals surface area contributed by atoms with Crippen molar-refractivity contribution in [1.29, 1.82) is 0 Å². The SMILES string of the molecule is Cl.Cl.NC1CCC2NNC(c3ccncc3)C2C1. The van der Waals surface area contributed by atoms with Gasteiger partial charge in [-0.15, -0.1) is 24.8 Å². The molecule has 4 nitrogen and oxygen atoms in total. The minimum absolute atomic E-state index is 0. The summed E-state index contributed by atoms with van der Waals surface area (Å²) < 4.78 is 0. The summed E-state index contributed by atoms with van der Waals surface area (Å²) in [4.78, 5) is 4.06. The Bertz CT molecular complexity index is 362. The third-order valence-electron chi connectivity index (χ3n) is 3.86. The molecule has 0 spiro atoms. The van der Waals surface area contributed by atoms with Gasteiger partial charge in [-0.25, -0.2) is 5.43 Å². The number of aromatic nitrogens is 1. The Morgan fingerprint density at radius 1 is 1.11 bits per heavy atom. The van der Waals surface area contributed by atoms with Crippen molar-refractivity contribution in [1.82, 2.24) is 15.8 Å². The molecule has 0 amide bonds. The molecule has 0 radical (unpaired) electrons. The van der Waals surface area contributed by atoms with Crippen molar-refractivity contribution in [2.75, 3.05) is 0 Å². The molecule has 2 aliphatic rings. The van der Waals surface area contributed by atoms with Crippen molar-refractivity contribution < 1.29 is 0 Å². The van der Waals surface area contributed by atoms with Crippen molar-refractivity contribution in [3.63, 3.8) is 0 Å². The zero-order valence-corrected chi connectivity index (χ0v) is 11.7. The number of nitrogens with two attached hydrogens (primary N) is 1. The van der Waals surface area contributed by atoms with Crippen LogP contribution in [-0.4, -0.2) is 17.1 Å². The fourth-order valence-electron chi connectivity index (χ4n) is 2.99. The van der Waals surface area contributed by atoms with E-state index in [1.165, 1.54) is 12.0 Å². The van der Waals surface area contributed by atoms with Crippen LogP contribution in [0.1, 0.15) is 30.9 Å². The van der Waals surface area contributed by atoms with Crippen LogP contribution in [0.25, 0.3) is 0 Å². The normalized spacial score (nSPS) is 34.1. The highest BCUT2D eigenvalue weighted by Gasteiger charge is 2.39. The van der Waals surface area contributed by atoms with E-state index >= 15 is 0 Å². The van der Waals surface area contributed by atoms with Crippen LogP contribution >= 0.6 is 24.8 Å². The number of rotatable bonds is 1. The van der Waals surface area contributed by atoms with Crippen LogP contribution in [0.15, 0.2) is 24.5 Å². The zero-order chi connectivity index (χ0) is 11.0. The monoisotopic (exact) mass is 290 g/mol. The van der Waals surface area contributed by atoms with Crippen LogP contribution in [0.4, 0.5) is 0 Å². The first-order valence-corrected chi connectivity index (χ1v) is 6.01. The molecule has 1 aliphatic heterocycles. The van der Waals surface area contributed by atoms with E-state index in [4.69, 9.17) is 5.73 Å². The van der Waals surface area contributed by atoms with Crippen molar-refractivity contribution in [2.45, 2.75) is 37.4 Å². The maximum absolute atomic E-state index is 6.06. The summed E-state index contributed by atoms with van der Waals surface area (Å²) in [5.41, 5.74) is 14.2. The molecule has 1 saturated carbocycles. The smallest absolute Gasteiger partial charge is 0.0507 e. The maximum atomic E-state index is 6.06. The number of hydrogen-bond acceptors (Lipinski definition) is 4. The van der Waals surface area contributed by atoms with Crippen molar-refractivity contribution in [2.24, 2.45) is 11.7 Å². The van der Waals surface area contributed by atoms with Crippen LogP contribution in [0, 0.1) is 5.92 Å². The van der Waals surface area contributed by atoms with Gasteiger partial charge >= 0.3 is 0 Å². The lowest BCUT2D eigenvalue weighted by Gasteiger charge is -2.31. The van der Waals surface area contributed by atoms with Gasteiger partial charge in [0.05, 0.1) is 6.04 Å². The molecule has 1 saturated heterocycles. The Hall–Kier alpha value is -0.390. The van der Waals surface area contributed by atoms with Gasteiger partial charge in [0.2, 0.25) is 0 Å². The van der Waals surface area contributed by atoms with Crippen LogP contribution in [-0.2, 0) is 0 Å². The van der Waals surface area contributed by atoms with Gasteiger partial charge in [-0.1, -0.05) is 0 Å². The van der Waals surface area contributed by atoms with Gasteiger partial charge in [0.25, 0.3) is 0 Å². The van der Waals surface area contributed by atoms with Crippen LogP contribution in [0.3, 0.4) is 0 Å². The van der Waals surface area contributed by atoms with E-state index in [0.717, 1.165) is 12.8 Å². The van der Waals surface area contributed by atoms with Gasteiger partial charge < -0.3 is 5.73 Å². The van der Waals surface area contributed by atoms with E-state index in [2.05, 4.69) is 28.0 Å². The first-order chi connectivity index (χ1) is 7.84. The maximum Gasteiger partial charge on any atom is 0.0507 e. The van der Waals surface area contributed by atoms with Crippen LogP contribution in [0.2, 0.25) is 0 Å². The highest BCUT2D eigenvalue weighted by molar-refractivity contribution is 5.85. The number of hydrogen-bond donors (Lipinski definition) is 3. The van der Waals surface area contributed by atoms with Gasteiger partial charge in [-0.2, -0.15) is 0 Å². The molecule has 2 heterocycles.